The molecule has 10 heteroatoms. The Morgan fingerprint density at radius 2 is 1.80 bits per heavy atom. The van der Waals surface area contributed by atoms with Crippen LogP contribution in [0, 0.1) is 10.1 Å². The Labute approximate surface area is 141 Å². The van der Waals surface area contributed by atoms with Crippen molar-refractivity contribution in [3.05, 3.63) is 33.9 Å². The van der Waals surface area contributed by atoms with Crippen molar-refractivity contribution in [2.24, 2.45) is 5.73 Å². The van der Waals surface area contributed by atoms with E-state index in [2.05, 4.69) is 0 Å². The zero-order valence-electron chi connectivity index (χ0n) is 13.3. The Bertz CT molecular complexity index is 710. The van der Waals surface area contributed by atoms with Crippen LogP contribution in [0.5, 0.6) is 0 Å². The monoisotopic (exact) mass is 358 g/mol. The minimum absolute atomic E-state index is 0.124. The van der Waals surface area contributed by atoms with E-state index >= 15 is 0 Å². The second-order valence-corrected chi connectivity index (χ2v) is 6.39. The van der Waals surface area contributed by atoms with Gasteiger partial charge in [0.25, 0.3) is 5.69 Å². The molecule has 1 saturated carbocycles. The molecular formula is C15H17F3N4O3. The number of nitro benzene ring substituents is 1. The van der Waals surface area contributed by atoms with Crippen LogP contribution in [0.25, 0.3) is 0 Å². The lowest BCUT2D eigenvalue weighted by molar-refractivity contribution is -0.384. The lowest BCUT2D eigenvalue weighted by Crippen LogP contribution is -2.54. The summed E-state index contributed by atoms with van der Waals surface area (Å²) < 4.78 is 38.3. The molecule has 3 rings (SSSR count). The third-order valence-corrected chi connectivity index (χ3v) is 4.62. The molecule has 0 atom stereocenters. The number of hydrogen-bond donors (Lipinski definition) is 1. The second kappa shape index (κ2) is 5.87. The minimum Gasteiger partial charge on any atom is -0.362 e. The molecule has 1 aliphatic heterocycles. The summed E-state index contributed by atoms with van der Waals surface area (Å²) in [5.41, 5.74) is 3.59. The highest BCUT2D eigenvalue weighted by Gasteiger charge is 2.48. The van der Waals surface area contributed by atoms with E-state index in [0.29, 0.717) is 45.1 Å². The molecule has 1 saturated heterocycles. The van der Waals surface area contributed by atoms with Gasteiger partial charge < -0.3 is 15.5 Å². The molecule has 1 heterocycles. The summed E-state index contributed by atoms with van der Waals surface area (Å²) in [5.74, 6) is -0.130. The molecule has 1 aromatic rings. The summed E-state index contributed by atoms with van der Waals surface area (Å²) in [6.07, 6.45) is -3.35. The van der Waals surface area contributed by atoms with Crippen LogP contribution < -0.4 is 10.6 Å². The van der Waals surface area contributed by atoms with Crippen molar-refractivity contribution in [3.8, 4) is 0 Å². The first-order chi connectivity index (χ1) is 11.6. The summed E-state index contributed by atoms with van der Waals surface area (Å²) in [6, 6.07) is 2.49. The van der Waals surface area contributed by atoms with Gasteiger partial charge in [-0.2, -0.15) is 13.2 Å². The number of carbonyl (C=O) groups excluding carboxylic acids is 1. The van der Waals surface area contributed by atoms with Gasteiger partial charge in [-0.25, -0.2) is 0 Å². The molecule has 1 aromatic carbocycles. The number of piperazine rings is 1. The van der Waals surface area contributed by atoms with Gasteiger partial charge in [-0.3, -0.25) is 14.9 Å². The number of alkyl halides is 3. The summed E-state index contributed by atoms with van der Waals surface area (Å²) in [7, 11) is 0. The van der Waals surface area contributed by atoms with Gasteiger partial charge in [0.05, 0.1) is 16.0 Å². The third kappa shape index (κ3) is 3.39. The predicted octanol–water partition coefficient (Wildman–Crippen LogP) is 1.75. The van der Waals surface area contributed by atoms with E-state index in [1.165, 1.54) is 0 Å². The number of hydrogen-bond acceptors (Lipinski definition) is 5. The Kier molecular flexibility index (Phi) is 4.10. The van der Waals surface area contributed by atoms with Crippen molar-refractivity contribution in [3.63, 3.8) is 0 Å². The quantitative estimate of drug-likeness (QED) is 0.656. The fourth-order valence-electron chi connectivity index (χ4n) is 2.93. The van der Waals surface area contributed by atoms with Crippen LogP contribution in [0.3, 0.4) is 0 Å². The first kappa shape index (κ1) is 17.5. The van der Waals surface area contributed by atoms with Gasteiger partial charge in [-0.1, -0.05) is 0 Å². The Hall–Kier alpha value is -2.36. The maximum atomic E-state index is 12.8. The lowest BCUT2D eigenvalue weighted by Gasteiger charge is -2.37. The molecule has 25 heavy (non-hydrogen) atoms. The maximum absolute atomic E-state index is 12.8. The number of rotatable bonds is 3. The van der Waals surface area contributed by atoms with Gasteiger partial charge in [0.1, 0.15) is 5.69 Å². The van der Waals surface area contributed by atoms with Crippen LogP contribution in [-0.4, -0.2) is 47.4 Å². The summed E-state index contributed by atoms with van der Waals surface area (Å²) >= 11 is 0. The number of amides is 1. The average molecular weight is 358 g/mol. The highest BCUT2D eigenvalue weighted by molar-refractivity contribution is 5.89. The number of nitrogens with two attached hydrogens (primary N) is 1. The smallest absolute Gasteiger partial charge is 0.362 e. The topological polar surface area (TPSA) is 92.7 Å². The molecular weight excluding hydrogens is 341 g/mol. The van der Waals surface area contributed by atoms with Gasteiger partial charge in [-0.05, 0) is 25.0 Å². The molecule has 2 N–H and O–H groups in total. The van der Waals surface area contributed by atoms with E-state index < -0.39 is 27.9 Å². The van der Waals surface area contributed by atoms with Crippen LogP contribution in [0.4, 0.5) is 24.5 Å². The summed E-state index contributed by atoms with van der Waals surface area (Å²) in [5, 5.41) is 11.2. The van der Waals surface area contributed by atoms with E-state index in [1.54, 1.807) is 9.80 Å². The number of anilines is 1. The predicted molar refractivity (Wildman–Crippen MR) is 83.0 cm³/mol. The van der Waals surface area contributed by atoms with Crippen LogP contribution in [0.15, 0.2) is 18.2 Å². The standard InChI is InChI=1S/C15H17F3N4O3/c16-15(17,18)10-1-2-11(12(9-10)22(24)25)20-5-7-21(8-6-20)13(23)14(19)3-4-14/h1-2,9H,3-8,19H2. The van der Waals surface area contributed by atoms with Crippen molar-refractivity contribution in [1.82, 2.24) is 4.90 Å². The van der Waals surface area contributed by atoms with Crippen molar-refractivity contribution >= 4 is 17.3 Å². The van der Waals surface area contributed by atoms with E-state index in [9.17, 15) is 28.1 Å². The van der Waals surface area contributed by atoms with Crippen LogP contribution in [-0.2, 0) is 11.0 Å². The molecule has 0 unspecified atom stereocenters. The molecule has 1 amide bonds. The summed E-state index contributed by atoms with van der Waals surface area (Å²) in [6.45, 7) is 1.26. The number of nitrogens with zero attached hydrogens (tertiary/aromatic N) is 3. The van der Waals surface area contributed by atoms with Crippen molar-refractivity contribution in [2.45, 2.75) is 24.6 Å². The van der Waals surface area contributed by atoms with E-state index in [-0.39, 0.29) is 11.6 Å². The Morgan fingerprint density at radius 1 is 1.20 bits per heavy atom. The minimum atomic E-state index is -4.64. The first-order valence-electron chi connectivity index (χ1n) is 7.81. The van der Waals surface area contributed by atoms with Gasteiger partial charge in [0.15, 0.2) is 0 Å². The van der Waals surface area contributed by atoms with Crippen molar-refractivity contribution in [2.75, 3.05) is 31.1 Å². The molecule has 2 fully saturated rings. The molecule has 0 bridgehead atoms. The first-order valence-corrected chi connectivity index (χ1v) is 7.81. The molecule has 0 aromatic heterocycles. The van der Waals surface area contributed by atoms with Gasteiger partial charge in [-0.15, -0.1) is 0 Å². The zero-order chi connectivity index (χ0) is 18.4. The largest absolute Gasteiger partial charge is 0.416 e. The third-order valence-electron chi connectivity index (χ3n) is 4.62. The van der Waals surface area contributed by atoms with Gasteiger partial charge >= 0.3 is 6.18 Å². The number of halogens is 3. The van der Waals surface area contributed by atoms with E-state index in [4.69, 9.17) is 5.73 Å². The fourth-order valence-corrected chi connectivity index (χ4v) is 2.93. The molecule has 2 aliphatic rings. The number of carbonyl (C=O) groups is 1. The van der Waals surface area contributed by atoms with E-state index in [0.717, 1.165) is 12.1 Å². The second-order valence-electron chi connectivity index (χ2n) is 6.39. The van der Waals surface area contributed by atoms with E-state index in [1.807, 2.05) is 0 Å². The van der Waals surface area contributed by atoms with Crippen molar-refractivity contribution < 1.29 is 22.9 Å². The average Bonchev–Trinajstić information content (AvgIpc) is 3.32. The van der Waals surface area contributed by atoms with Gasteiger partial charge in [0, 0.05) is 32.2 Å². The lowest BCUT2D eigenvalue weighted by atomic mass is 10.1. The number of benzene rings is 1. The molecule has 136 valence electrons. The fraction of sp³-hybridized carbons (Fsp3) is 0.533. The summed E-state index contributed by atoms with van der Waals surface area (Å²) in [4.78, 5) is 25.8. The molecule has 0 spiro atoms. The molecule has 7 nitrogen and oxygen atoms in total. The number of nitro groups is 1. The maximum Gasteiger partial charge on any atom is 0.416 e. The highest BCUT2D eigenvalue weighted by Crippen LogP contribution is 2.37. The van der Waals surface area contributed by atoms with Crippen LogP contribution >= 0.6 is 0 Å². The van der Waals surface area contributed by atoms with Crippen LogP contribution in [0.1, 0.15) is 18.4 Å². The van der Waals surface area contributed by atoms with Gasteiger partial charge in [0.2, 0.25) is 5.91 Å². The Morgan fingerprint density at radius 3 is 2.28 bits per heavy atom. The van der Waals surface area contributed by atoms with Crippen molar-refractivity contribution in [1.29, 1.82) is 0 Å². The highest BCUT2D eigenvalue weighted by atomic mass is 19.4. The SMILES string of the molecule is NC1(C(=O)N2CCN(c3ccc(C(F)(F)F)cc3[N+](=O)[O-])CC2)CC1. The normalized spacial score (nSPS) is 19.7. The zero-order valence-corrected chi connectivity index (χ0v) is 13.3. The Balaban J connectivity index is 1.76. The van der Waals surface area contributed by atoms with Crippen LogP contribution in [0.2, 0.25) is 0 Å². The molecule has 1 aliphatic carbocycles. The molecule has 0 radical (unpaired) electrons.